The van der Waals surface area contributed by atoms with Crippen LogP contribution in [0, 0.1) is 18.8 Å². The van der Waals surface area contributed by atoms with Gasteiger partial charge < -0.3 is 19.7 Å². The third-order valence-electron chi connectivity index (χ3n) is 6.28. The van der Waals surface area contributed by atoms with Gasteiger partial charge >= 0.3 is 12.1 Å². The summed E-state index contributed by atoms with van der Waals surface area (Å²) in [4.78, 5) is 45.1. The number of hydrogen-bond acceptors (Lipinski definition) is 8. The smallest absolute Gasteiger partial charge is 0.412 e. The van der Waals surface area contributed by atoms with Crippen LogP contribution in [-0.2, 0) is 14.3 Å². The van der Waals surface area contributed by atoms with Gasteiger partial charge in [0.25, 0.3) is 0 Å². The number of hydrogen-bond donors (Lipinski definition) is 3. The van der Waals surface area contributed by atoms with Crippen molar-refractivity contribution in [2.75, 3.05) is 10.6 Å². The number of aromatic nitrogens is 3. The van der Waals surface area contributed by atoms with Gasteiger partial charge in [-0.3, -0.25) is 19.9 Å². The highest BCUT2D eigenvalue weighted by molar-refractivity contribution is 6.30. The van der Waals surface area contributed by atoms with Gasteiger partial charge in [-0.05, 0) is 44.9 Å². The summed E-state index contributed by atoms with van der Waals surface area (Å²) in [6.07, 6.45) is 4.20. The molecule has 1 aliphatic carbocycles. The second kappa shape index (κ2) is 11.4. The molecular formula is C25H26ClN5O6. The van der Waals surface area contributed by atoms with E-state index in [1.165, 1.54) is 12.4 Å². The van der Waals surface area contributed by atoms with E-state index in [9.17, 15) is 19.5 Å². The quantitative estimate of drug-likeness (QED) is 0.350. The molecule has 1 aliphatic rings. The van der Waals surface area contributed by atoms with Crippen molar-refractivity contribution in [3.8, 4) is 11.5 Å². The van der Waals surface area contributed by atoms with E-state index in [1.807, 2.05) is 0 Å². The first-order valence-corrected chi connectivity index (χ1v) is 12.2. The molecule has 3 heterocycles. The number of aryl methyl sites for hydroxylation is 1. The number of pyridine rings is 2. The lowest BCUT2D eigenvalue weighted by atomic mass is 9.78. The van der Waals surface area contributed by atoms with Gasteiger partial charge in [0.1, 0.15) is 28.3 Å². The third kappa shape index (κ3) is 6.05. The molecule has 1 saturated carbocycles. The SMILES string of the molecule is Cc1noc(-c2ccc(NC(=O)[C@H]3CCCC[C@@H]3C(=O)O)cn2)c1NC(=O)O[C@H](C)c1cccnc1Cl. The van der Waals surface area contributed by atoms with Crippen LogP contribution in [0.3, 0.4) is 0 Å². The summed E-state index contributed by atoms with van der Waals surface area (Å²) >= 11 is 6.08. The number of carbonyl (C=O) groups is 3. The monoisotopic (exact) mass is 527 g/mol. The lowest BCUT2D eigenvalue weighted by Crippen LogP contribution is -2.36. The van der Waals surface area contributed by atoms with Crippen molar-refractivity contribution < 1.29 is 28.8 Å². The number of carboxylic acids is 1. The Balaban J connectivity index is 1.43. The molecule has 0 aromatic carbocycles. The van der Waals surface area contributed by atoms with Crippen LogP contribution >= 0.6 is 11.6 Å². The van der Waals surface area contributed by atoms with E-state index < -0.39 is 30.0 Å². The minimum Gasteiger partial charge on any atom is -0.481 e. The topological polar surface area (TPSA) is 157 Å². The van der Waals surface area contributed by atoms with Crippen LogP contribution in [0.25, 0.3) is 11.5 Å². The fraction of sp³-hybridized carbons (Fsp3) is 0.360. The number of carbonyl (C=O) groups excluding carboxylic acids is 2. The number of anilines is 2. The van der Waals surface area contributed by atoms with Crippen LogP contribution in [0.4, 0.5) is 16.2 Å². The highest BCUT2D eigenvalue weighted by Gasteiger charge is 2.35. The number of ether oxygens (including phenoxy) is 1. The Morgan fingerprint density at radius 3 is 2.57 bits per heavy atom. The van der Waals surface area contributed by atoms with E-state index in [1.54, 1.807) is 38.1 Å². The molecule has 0 radical (unpaired) electrons. The minimum atomic E-state index is -0.953. The van der Waals surface area contributed by atoms with Crippen molar-refractivity contribution >= 4 is 40.9 Å². The molecule has 0 bridgehead atoms. The molecule has 1 fully saturated rings. The molecular weight excluding hydrogens is 502 g/mol. The van der Waals surface area contributed by atoms with Crippen LogP contribution in [-0.4, -0.2) is 38.2 Å². The molecule has 0 saturated heterocycles. The molecule has 4 rings (SSSR count). The zero-order valence-electron chi connectivity index (χ0n) is 20.2. The maximum absolute atomic E-state index is 12.7. The number of nitrogens with one attached hydrogen (secondary N) is 2. The fourth-order valence-electron chi connectivity index (χ4n) is 4.33. The van der Waals surface area contributed by atoms with E-state index in [0.29, 0.717) is 35.5 Å². The van der Waals surface area contributed by atoms with E-state index in [-0.39, 0.29) is 22.5 Å². The van der Waals surface area contributed by atoms with Gasteiger partial charge in [0.2, 0.25) is 11.7 Å². The lowest BCUT2D eigenvalue weighted by molar-refractivity contribution is -0.147. The highest BCUT2D eigenvalue weighted by atomic mass is 35.5. The number of carboxylic acid groups (broad SMARTS) is 1. The molecule has 3 N–H and O–H groups in total. The molecule has 11 nitrogen and oxygen atoms in total. The maximum atomic E-state index is 12.7. The average molecular weight is 528 g/mol. The Kier molecular flexibility index (Phi) is 8.02. The van der Waals surface area contributed by atoms with Crippen molar-refractivity contribution in [2.24, 2.45) is 11.8 Å². The molecule has 194 valence electrons. The molecule has 0 spiro atoms. The molecule has 3 aromatic heterocycles. The number of halogens is 1. The number of rotatable bonds is 7. The van der Waals surface area contributed by atoms with Crippen molar-refractivity contribution in [3.63, 3.8) is 0 Å². The van der Waals surface area contributed by atoms with Crippen LogP contribution in [0.15, 0.2) is 41.2 Å². The zero-order valence-corrected chi connectivity index (χ0v) is 21.0. The van der Waals surface area contributed by atoms with Gasteiger partial charge in [0.05, 0.1) is 23.7 Å². The average Bonchev–Trinajstić information content (AvgIpc) is 3.24. The first kappa shape index (κ1) is 26.1. The van der Waals surface area contributed by atoms with E-state index in [2.05, 4.69) is 25.8 Å². The van der Waals surface area contributed by atoms with Crippen molar-refractivity contribution in [1.29, 1.82) is 0 Å². The summed E-state index contributed by atoms with van der Waals surface area (Å²) in [6, 6.07) is 6.62. The normalized spacial score (nSPS) is 18.0. The molecule has 3 aromatic rings. The summed E-state index contributed by atoms with van der Waals surface area (Å²) in [5.41, 5.74) is 2.03. The van der Waals surface area contributed by atoms with E-state index >= 15 is 0 Å². The summed E-state index contributed by atoms with van der Waals surface area (Å²) < 4.78 is 10.8. The van der Waals surface area contributed by atoms with Gasteiger partial charge in [0.15, 0.2) is 0 Å². The van der Waals surface area contributed by atoms with Gasteiger partial charge in [-0.2, -0.15) is 0 Å². The minimum absolute atomic E-state index is 0.206. The highest BCUT2D eigenvalue weighted by Crippen LogP contribution is 2.33. The summed E-state index contributed by atoms with van der Waals surface area (Å²) in [6.45, 7) is 3.33. The molecule has 3 atom stereocenters. The fourth-order valence-corrected chi connectivity index (χ4v) is 4.60. The Bertz CT molecular complexity index is 1290. The second-order valence-corrected chi connectivity index (χ2v) is 9.14. The summed E-state index contributed by atoms with van der Waals surface area (Å²) in [5, 5.41) is 19.0. The third-order valence-corrected chi connectivity index (χ3v) is 6.60. The Hall–Kier alpha value is -3.99. The predicted molar refractivity (Wildman–Crippen MR) is 134 cm³/mol. The van der Waals surface area contributed by atoms with Crippen LogP contribution in [0.5, 0.6) is 0 Å². The Morgan fingerprint density at radius 2 is 1.89 bits per heavy atom. The van der Waals surface area contributed by atoms with Crippen molar-refractivity contribution in [2.45, 2.75) is 45.6 Å². The first-order valence-electron chi connectivity index (χ1n) is 11.8. The number of aliphatic carboxylic acids is 1. The van der Waals surface area contributed by atoms with Crippen molar-refractivity contribution in [1.82, 2.24) is 15.1 Å². The molecule has 12 heteroatoms. The van der Waals surface area contributed by atoms with E-state index in [0.717, 1.165) is 12.8 Å². The van der Waals surface area contributed by atoms with Gasteiger partial charge in [-0.15, -0.1) is 0 Å². The van der Waals surface area contributed by atoms with Crippen molar-refractivity contribution in [3.05, 3.63) is 53.1 Å². The second-order valence-electron chi connectivity index (χ2n) is 8.79. The van der Waals surface area contributed by atoms with Crippen LogP contribution in [0.2, 0.25) is 5.15 Å². The standard InChI is InChI=1S/C25H26ClN5O6/c1-13-20(30-25(35)36-14(2)16-8-5-11-27-22(16)26)21(37-31-13)19-10-9-15(12-28-19)29-23(32)17-6-3-4-7-18(17)24(33)34/h5,8-12,14,17-18H,3-4,6-7H2,1-2H3,(H,29,32)(H,30,35)(H,33,34)/t14-,17+,18+/m1/s1. The number of nitrogens with zero attached hydrogens (tertiary/aromatic N) is 3. The lowest BCUT2D eigenvalue weighted by Gasteiger charge is -2.27. The van der Waals surface area contributed by atoms with Gasteiger partial charge in [-0.25, -0.2) is 9.78 Å². The number of amides is 2. The molecule has 0 aliphatic heterocycles. The predicted octanol–water partition coefficient (Wildman–Crippen LogP) is 5.23. The molecule has 0 unspecified atom stereocenters. The van der Waals surface area contributed by atoms with Crippen LogP contribution in [0.1, 0.15) is 50.0 Å². The molecule has 2 amide bonds. The first-order chi connectivity index (χ1) is 17.7. The van der Waals surface area contributed by atoms with Gasteiger partial charge in [-0.1, -0.05) is 35.7 Å². The summed E-state index contributed by atoms with van der Waals surface area (Å²) in [5.74, 6) is -2.37. The zero-order chi connectivity index (χ0) is 26.5. The van der Waals surface area contributed by atoms with Crippen LogP contribution < -0.4 is 10.6 Å². The largest absolute Gasteiger partial charge is 0.481 e. The molecule has 37 heavy (non-hydrogen) atoms. The van der Waals surface area contributed by atoms with Gasteiger partial charge in [0, 0.05) is 11.8 Å². The summed E-state index contributed by atoms with van der Waals surface area (Å²) in [7, 11) is 0. The maximum Gasteiger partial charge on any atom is 0.412 e. The Labute approximate surface area is 217 Å². The van der Waals surface area contributed by atoms with E-state index in [4.69, 9.17) is 20.9 Å². The Morgan fingerprint density at radius 1 is 1.14 bits per heavy atom.